The fraction of sp³-hybridized carbons (Fsp3) is 0.278. The summed E-state index contributed by atoms with van der Waals surface area (Å²) in [7, 11) is 0. The standard InChI is InChI=1S/C18H19NO/c1-13-7-9-16-15(12-14-5-3-2-4-6-14)8-10-18(19-20)17(16)11-13/h2-7,9,11,15,20H,8,10,12H2,1H3. The molecule has 1 aliphatic carbocycles. The second-order valence-electron chi connectivity index (χ2n) is 5.56. The van der Waals surface area contributed by atoms with E-state index in [4.69, 9.17) is 0 Å². The van der Waals surface area contributed by atoms with Crippen molar-refractivity contribution in [1.82, 2.24) is 0 Å². The summed E-state index contributed by atoms with van der Waals surface area (Å²) >= 11 is 0. The molecule has 0 spiro atoms. The summed E-state index contributed by atoms with van der Waals surface area (Å²) in [4.78, 5) is 0. The van der Waals surface area contributed by atoms with E-state index in [1.807, 2.05) is 0 Å². The van der Waals surface area contributed by atoms with Crippen LogP contribution in [0.5, 0.6) is 0 Å². The highest BCUT2D eigenvalue weighted by atomic mass is 16.4. The SMILES string of the molecule is Cc1ccc2c(c1)C(=NO)CCC2Cc1ccccc1. The Hall–Kier alpha value is -2.09. The van der Waals surface area contributed by atoms with Crippen molar-refractivity contribution >= 4 is 5.71 Å². The van der Waals surface area contributed by atoms with Crippen LogP contribution in [-0.2, 0) is 6.42 Å². The molecule has 0 fully saturated rings. The van der Waals surface area contributed by atoms with E-state index in [1.165, 1.54) is 16.7 Å². The molecule has 20 heavy (non-hydrogen) atoms. The molecule has 0 aromatic heterocycles. The van der Waals surface area contributed by atoms with Crippen LogP contribution in [0, 0.1) is 6.92 Å². The van der Waals surface area contributed by atoms with Crippen LogP contribution in [0.1, 0.15) is 41.0 Å². The van der Waals surface area contributed by atoms with Crippen molar-refractivity contribution in [3.63, 3.8) is 0 Å². The molecule has 2 aromatic rings. The van der Waals surface area contributed by atoms with Gasteiger partial charge >= 0.3 is 0 Å². The van der Waals surface area contributed by atoms with Gasteiger partial charge in [-0.1, -0.05) is 53.2 Å². The third-order valence-corrected chi connectivity index (χ3v) is 4.13. The van der Waals surface area contributed by atoms with Crippen LogP contribution in [0.25, 0.3) is 0 Å². The van der Waals surface area contributed by atoms with E-state index in [1.54, 1.807) is 0 Å². The summed E-state index contributed by atoms with van der Waals surface area (Å²) in [6, 6.07) is 17.1. The zero-order valence-electron chi connectivity index (χ0n) is 11.7. The van der Waals surface area contributed by atoms with E-state index in [0.29, 0.717) is 5.92 Å². The maximum Gasteiger partial charge on any atom is 0.0870 e. The molecule has 2 aromatic carbocycles. The molecule has 1 unspecified atom stereocenters. The Labute approximate surface area is 119 Å². The number of hydrogen-bond acceptors (Lipinski definition) is 2. The zero-order chi connectivity index (χ0) is 13.9. The van der Waals surface area contributed by atoms with Crippen LogP contribution >= 0.6 is 0 Å². The lowest BCUT2D eigenvalue weighted by molar-refractivity contribution is 0.317. The lowest BCUT2D eigenvalue weighted by Crippen LogP contribution is -2.18. The molecule has 0 bridgehead atoms. The fourth-order valence-electron chi connectivity index (χ4n) is 3.09. The molecule has 1 aliphatic rings. The lowest BCUT2D eigenvalue weighted by atomic mass is 9.78. The van der Waals surface area contributed by atoms with Gasteiger partial charge in [0.25, 0.3) is 0 Å². The first-order valence-corrected chi connectivity index (χ1v) is 7.13. The number of hydrogen-bond donors (Lipinski definition) is 1. The highest BCUT2D eigenvalue weighted by Gasteiger charge is 2.24. The van der Waals surface area contributed by atoms with Crippen molar-refractivity contribution in [3.8, 4) is 0 Å². The highest BCUT2D eigenvalue weighted by molar-refractivity contribution is 6.02. The molecular formula is C18H19NO. The number of oxime groups is 1. The van der Waals surface area contributed by atoms with Gasteiger partial charge in [-0.2, -0.15) is 0 Å². The number of benzene rings is 2. The lowest BCUT2D eigenvalue weighted by Gasteiger charge is -2.26. The van der Waals surface area contributed by atoms with Crippen LogP contribution in [0.4, 0.5) is 0 Å². The topological polar surface area (TPSA) is 32.6 Å². The van der Waals surface area contributed by atoms with Crippen LogP contribution in [0.3, 0.4) is 0 Å². The molecule has 102 valence electrons. The number of nitrogens with zero attached hydrogens (tertiary/aromatic N) is 1. The van der Waals surface area contributed by atoms with Crippen LogP contribution in [-0.4, -0.2) is 10.9 Å². The molecule has 0 amide bonds. The van der Waals surface area contributed by atoms with Gasteiger partial charge in [-0.25, -0.2) is 0 Å². The van der Waals surface area contributed by atoms with Crippen molar-refractivity contribution in [1.29, 1.82) is 0 Å². The monoisotopic (exact) mass is 265 g/mol. The predicted molar refractivity (Wildman–Crippen MR) is 81.6 cm³/mol. The Kier molecular flexibility index (Phi) is 3.55. The minimum atomic E-state index is 0.512. The highest BCUT2D eigenvalue weighted by Crippen LogP contribution is 2.34. The summed E-state index contributed by atoms with van der Waals surface area (Å²) < 4.78 is 0. The van der Waals surface area contributed by atoms with E-state index in [2.05, 4.69) is 60.6 Å². The minimum absolute atomic E-state index is 0.512. The van der Waals surface area contributed by atoms with Gasteiger partial charge in [-0.15, -0.1) is 0 Å². The average molecular weight is 265 g/mol. The van der Waals surface area contributed by atoms with E-state index < -0.39 is 0 Å². The summed E-state index contributed by atoms with van der Waals surface area (Å²) in [6.07, 6.45) is 2.95. The van der Waals surface area contributed by atoms with Gasteiger partial charge in [-0.05, 0) is 49.3 Å². The van der Waals surface area contributed by atoms with E-state index in [9.17, 15) is 5.21 Å². The third-order valence-electron chi connectivity index (χ3n) is 4.13. The molecule has 0 saturated heterocycles. The van der Waals surface area contributed by atoms with Crippen LogP contribution in [0.2, 0.25) is 0 Å². The molecule has 0 radical (unpaired) electrons. The van der Waals surface area contributed by atoms with Crippen LogP contribution in [0.15, 0.2) is 53.7 Å². The summed E-state index contributed by atoms with van der Waals surface area (Å²) in [5.74, 6) is 0.512. The van der Waals surface area contributed by atoms with Gasteiger partial charge in [0.1, 0.15) is 0 Å². The molecule has 0 heterocycles. The summed E-state index contributed by atoms with van der Waals surface area (Å²) in [5.41, 5.74) is 5.85. The van der Waals surface area contributed by atoms with E-state index in [0.717, 1.165) is 30.5 Å². The molecule has 1 atom stereocenters. The van der Waals surface area contributed by atoms with Crippen molar-refractivity contribution in [3.05, 3.63) is 70.8 Å². The third kappa shape index (κ3) is 2.46. The Bertz CT molecular complexity index is 631. The van der Waals surface area contributed by atoms with E-state index >= 15 is 0 Å². The maximum absolute atomic E-state index is 9.19. The Morgan fingerprint density at radius 1 is 1.15 bits per heavy atom. The van der Waals surface area contributed by atoms with Gasteiger partial charge in [0.15, 0.2) is 0 Å². The molecule has 3 rings (SSSR count). The van der Waals surface area contributed by atoms with Crippen molar-refractivity contribution in [2.24, 2.45) is 5.16 Å². The predicted octanol–water partition coefficient (Wildman–Crippen LogP) is 4.29. The maximum atomic E-state index is 9.19. The normalized spacial score (nSPS) is 19.9. The molecule has 1 N–H and O–H groups in total. The largest absolute Gasteiger partial charge is 0.411 e. The van der Waals surface area contributed by atoms with Crippen molar-refractivity contribution in [2.45, 2.75) is 32.1 Å². The van der Waals surface area contributed by atoms with Gasteiger partial charge in [0.2, 0.25) is 0 Å². The number of aryl methyl sites for hydroxylation is 1. The molecule has 0 saturated carbocycles. The van der Waals surface area contributed by atoms with Gasteiger partial charge in [0.05, 0.1) is 5.71 Å². The first-order chi connectivity index (χ1) is 9.78. The Balaban J connectivity index is 1.96. The van der Waals surface area contributed by atoms with Crippen LogP contribution < -0.4 is 0 Å². The van der Waals surface area contributed by atoms with Crippen molar-refractivity contribution < 1.29 is 5.21 Å². The van der Waals surface area contributed by atoms with Crippen molar-refractivity contribution in [2.75, 3.05) is 0 Å². The quantitative estimate of drug-likeness (QED) is 0.637. The summed E-state index contributed by atoms with van der Waals surface area (Å²) in [6.45, 7) is 2.08. The van der Waals surface area contributed by atoms with Gasteiger partial charge < -0.3 is 5.21 Å². The first kappa shape index (κ1) is 12.9. The summed E-state index contributed by atoms with van der Waals surface area (Å²) in [5, 5.41) is 12.7. The second-order valence-corrected chi connectivity index (χ2v) is 5.56. The first-order valence-electron chi connectivity index (χ1n) is 7.13. The molecular weight excluding hydrogens is 246 g/mol. The Morgan fingerprint density at radius 2 is 1.95 bits per heavy atom. The average Bonchev–Trinajstić information content (AvgIpc) is 2.48. The fourth-order valence-corrected chi connectivity index (χ4v) is 3.09. The second kappa shape index (κ2) is 5.49. The Morgan fingerprint density at radius 3 is 2.70 bits per heavy atom. The molecule has 2 nitrogen and oxygen atoms in total. The van der Waals surface area contributed by atoms with Gasteiger partial charge in [0, 0.05) is 5.56 Å². The number of rotatable bonds is 2. The minimum Gasteiger partial charge on any atom is -0.411 e. The van der Waals surface area contributed by atoms with Gasteiger partial charge in [-0.3, -0.25) is 0 Å². The molecule has 0 aliphatic heterocycles. The molecule has 2 heteroatoms. The number of fused-ring (bicyclic) bond motifs is 1. The zero-order valence-corrected chi connectivity index (χ0v) is 11.7. The smallest absolute Gasteiger partial charge is 0.0870 e. The van der Waals surface area contributed by atoms with E-state index in [-0.39, 0.29) is 0 Å².